The molecule has 0 radical (unpaired) electrons. The molecule has 2 aromatic rings. The number of hydrogen-bond donors (Lipinski definition) is 2. The van der Waals surface area contributed by atoms with Crippen LogP contribution < -0.4 is 10.6 Å². The van der Waals surface area contributed by atoms with Crippen LogP contribution in [0.2, 0.25) is 0 Å². The summed E-state index contributed by atoms with van der Waals surface area (Å²) in [7, 11) is 0. The van der Waals surface area contributed by atoms with Gasteiger partial charge in [-0.15, -0.1) is 0 Å². The minimum Gasteiger partial charge on any atom is -0.385 e. The monoisotopic (exact) mass is 273 g/mol. The molecule has 2 aromatic heterocycles. The number of pyridine rings is 1. The Morgan fingerprint density at radius 3 is 2.75 bits per heavy atom. The topological polar surface area (TPSA) is 54.8 Å². The molecule has 0 unspecified atom stereocenters. The second-order valence-corrected chi connectivity index (χ2v) is 4.89. The first kappa shape index (κ1) is 14.4. The molecule has 0 saturated carbocycles. The van der Waals surface area contributed by atoms with E-state index in [0.29, 0.717) is 0 Å². The molecular formula is C15H23N5. The van der Waals surface area contributed by atoms with Gasteiger partial charge in [0.25, 0.3) is 0 Å². The van der Waals surface area contributed by atoms with Gasteiger partial charge in [0, 0.05) is 43.3 Å². The number of hydrogen-bond acceptors (Lipinski definition) is 4. The SMILES string of the molecule is CCNc1cc(NCCCn2nc(C)cc2C)ccn1. The second kappa shape index (κ2) is 6.93. The molecule has 0 saturated heterocycles. The number of nitrogens with one attached hydrogen (secondary N) is 2. The molecule has 5 heteroatoms. The fourth-order valence-electron chi connectivity index (χ4n) is 2.18. The van der Waals surface area contributed by atoms with Gasteiger partial charge in [0.1, 0.15) is 5.82 Å². The van der Waals surface area contributed by atoms with Crippen molar-refractivity contribution >= 4 is 11.5 Å². The Morgan fingerprint density at radius 2 is 2.05 bits per heavy atom. The Bertz CT molecular complexity index is 547. The summed E-state index contributed by atoms with van der Waals surface area (Å²) in [5.41, 5.74) is 3.41. The van der Waals surface area contributed by atoms with E-state index in [0.717, 1.165) is 43.3 Å². The van der Waals surface area contributed by atoms with E-state index in [1.165, 1.54) is 5.69 Å². The van der Waals surface area contributed by atoms with Crippen molar-refractivity contribution in [3.05, 3.63) is 35.8 Å². The van der Waals surface area contributed by atoms with Crippen molar-refractivity contribution in [2.75, 3.05) is 23.7 Å². The molecule has 0 aromatic carbocycles. The molecule has 0 fully saturated rings. The largest absolute Gasteiger partial charge is 0.385 e. The lowest BCUT2D eigenvalue weighted by Gasteiger charge is -2.09. The highest BCUT2D eigenvalue weighted by atomic mass is 15.3. The van der Waals surface area contributed by atoms with Crippen LogP contribution in [0.5, 0.6) is 0 Å². The minimum atomic E-state index is 0.883. The Hall–Kier alpha value is -2.04. The highest BCUT2D eigenvalue weighted by Crippen LogP contribution is 2.11. The maximum Gasteiger partial charge on any atom is 0.127 e. The van der Waals surface area contributed by atoms with Gasteiger partial charge in [0.15, 0.2) is 0 Å². The molecular weight excluding hydrogens is 250 g/mol. The van der Waals surface area contributed by atoms with Crippen molar-refractivity contribution in [3.63, 3.8) is 0 Å². The van der Waals surface area contributed by atoms with Crippen molar-refractivity contribution < 1.29 is 0 Å². The Morgan fingerprint density at radius 1 is 1.20 bits per heavy atom. The van der Waals surface area contributed by atoms with Gasteiger partial charge in [-0.1, -0.05) is 0 Å². The van der Waals surface area contributed by atoms with Crippen LogP contribution in [-0.2, 0) is 6.54 Å². The van der Waals surface area contributed by atoms with E-state index in [1.54, 1.807) is 0 Å². The Kier molecular flexibility index (Phi) is 4.98. The van der Waals surface area contributed by atoms with Crippen molar-refractivity contribution in [2.24, 2.45) is 0 Å². The van der Waals surface area contributed by atoms with Crippen LogP contribution in [0.15, 0.2) is 24.4 Å². The van der Waals surface area contributed by atoms with Gasteiger partial charge in [0.2, 0.25) is 0 Å². The zero-order valence-electron chi connectivity index (χ0n) is 12.5. The van der Waals surface area contributed by atoms with Gasteiger partial charge in [-0.25, -0.2) is 4.98 Å². The summed E-state index contributed by atoms with van der Waals surface area (Å²) >= 11 is 0. The van der Waals surface area contributed by atoms with Crippen molar-refractivity contribution in [1.82, 2.24) is 14.8 Å². The van der Waals surface area contributed by atoms with Gasteiger partial charge in [0.05, 0.1) is 5.69 Å². The van der Waals surface area contributed by atoms with Crippen LogP contribution in [0.3, 0.4) is 0 Å². The van der Waals surface area contributed by atoms with E-state index in [4.69, 9.17) is 0 Å². The number of rotatable bonds is 7. The predicted molar refractivity (Wildman–Crippen MR) is 83.2 cm³/mol. The normalized spacial score (nSPS) is 10.6. The lowest BCUT2D eigenvalue weighted by atomic mass is 10.3. The number of anilines is 2. The quantitative estimate of drug-likeness (QED) is 0.762. The van der Waals surface area contributed by atoms with Crippen molar-refractivity contribution in [1.29, 1.82) is 0 Å². The molecule has 0 spiro atoms. The maximum absolute atomic E-state index is 4.46. The molecule has 0 amide bonds. The van der Waals surface area contributed by atoms with E-state index in [-0.39, 0.29) is 0 Å². The van der Waals surface area contributed by atoms with Gasteiger partial charge in [-0.2, -0.15) is 5.10 Å². The molecule has 0 aliphatic rings. The molecule has 108 valence electrons. The molecule has 0 atom stereocenters. The molecule has 2 rings (SSSR count). The summed E-state index contributed by atoms with van der Waals surface area (Å²) in [5, 5.41) is 11.1. The average Bonchev–Trinajstić information content (AvgIpc) is 2.74. The maximum atomic E-state index is 4.46. The van der Waals surface area contributed by atoms with Crippen molar-refractivity contribution in [2.45, 2.75) is 33.7 Å². The van der Waals surface area contributed by atoms with E-state index in [1.807, 2.05) is 25.3 Å². The van der Waals surface area contributed by atoms with Crippen LogP contribution in [0.4, 0.5) is 11.5 Å². The fraction of sp³-hybridized carbons (Fsp3) is 0.467. The van der Waals surface area contributed by atoms with Crippen LogP contribution in [0.1, 0.15) is 24.7 Å². The number of nitrogens with zero attached hydrogens (tertiary/aromatic N) is 3. The Balaban J connectivity index is 1.78. The zero-order chi connectivity index (χ0) is 14.4. The molecule has 0 aliphatic heterocycles. The first-order valence-corrected chi connectivity index (χ1v) is 7.14. The van der Waals surface area contributed by atoms with Crippen LogP contribution in [0, 0.1) is 13.8 Å². The van der Waals surface area contributed by atoms with Crippen molar-refractivity contribution in [3.8, 4) is 0 Å². The lowest BCUT2D eigenvalue weighted by molar-refractivity contribution is 0.574. The zero-order valence-corrected chi connectivity index (χ0v) is 12.5. The third-order valence-corrected chi connectivity index (χ3v) is 3.10. The fourth-order valence-corrected chi connectivity index (χ4v) is 2.18. The molecule has 2 N–H and O–H groups in total. The summed E-state index contributed by atoms with van der Waals surface area (Å²) in [4.78, 5) is 4.25. The highest BCUT2D eigenvalue weighted by molar-refractivity contribution is 5.51. The van der Waals surface area contributed by atoms with E-state index < -0.39 is 0 Å². The van der Waals surface area contributed by atoms with E-state index in [9.17, 15) is 0 Å². The molecule has 0 bridgehead atoms. The molecule has 0 aliphatic carbocycles. The summed E-state index contributed by atoms with van der Waals surface area (Å²) in [6.07, 6.45) is 2.86. The molecule has 5 nitrogen and oxygen atoms in total. The highest BCUT2D eigenvalue weighted by Gasteiger charge is 2.00. The minimum absolute atomic E-state index is 0.883. The average molecular weight is 273 g/mol. The van der Waals surface area contributed by atoms with Crippen LogP contribution >= 0.6 is 0 Å². The van der Waals surface area contributed by atoms with E-state index >= 15 is 0 Å². The van der Waals surface area contributed by atoms with Gasteiger partial charge in [-0.3, -0.25) is 4.68 Å². The van der Waals surface area contributed by atoms with Gasteiger partial charge < -0.3 is 10.6 Å². The smallest absolute Gasteiger partial charge is 0.127 e. The third-order valence-electron chi connectivity index (χ3n) is 3.10. The van der Waals surface area contributed by atoms with Gasteiger partial charge in [-0.05, 0) is 39.3 Å². The van der Waals surface area contributed by atoms with E-state index in [2.05, 4.69) is 45.3 Å². The first-order valence-electron chi connectivity index (χ1n) is 7.14. The summed E-state index contributed by atoms with van der Waals surface area (Å²) < 4.78 is 2.06. The standard InChI is InChI=1S/C15H23N5/c1-4-16-15-11-14(6-8-18-15)17-7-5-9-20-13(3)10-12(2)19-20/h6,8,10-11H,4-5,7,9H2,1-3H3,(H2,16,17,18). The molecule has 2 heterocycles. The first-order chi connectivity index (χ1) is 9.69. The lowest BCUT2D eigenvalue weighted by Crippen LogP contribution is -2.09. The van der Waals surface area contributed by atoms with Gasteiger partial charge >= 0.3 is 0 Å². The summed E-state index contributed by atoms with van der Waals surface area (Å²) in [6.45, 7) is 8.94. The Labute approximate surface area is 120 Å². The van der Waals surface area contributed by atoms with Crippen LogP contribution in [-0.4, -0.2) is 27.9 Å². The number of aryl methyl sites for hydroxylation is 3. The number of aromatic nitrogens is 3. The third kappa shape index (κ3) is 3.98. The predicted octanol–water partition coefficient (Wildman–Crippen LogP) is 2.83. The second-order valence-electron chi connectivity index (χ2n) is 4.89. The summed E-state index contributed by atoms with van der Waals surface area (Å²) in [6, 6.07) is 6.13. The van der Waals surface area contributed by atoms with Crippen LogP contribution in [0.25, 0.3) is 0 Å². The molecule has 20 heavy (non-hydrogen) atoms. The summed E-state index contributed by atoms with van der Waals surface area (Å²) in [5.74, 6) is 0.913.